The molecule has 2 aromatic carbocycles. The third-order valence-electron chi connectivity index (χ3n) is 4.65. The summed E-state index contributed by atoms with van der Waals surface area (Å²) in [4.78, 5) is 14.5. The second-order valence-electron chi connectivity index (χ2n) is 7.11. The molecule has 6 heteroatoms. The standard InChI is InChI=1S/C22H25ClN4O/c1-15-9-11-19(12-10-15)27-17(3)22(16(2)25-27)24-21(28)14-26(4)13-18-7-5-6-8-20(18)23/h5-12H,13-14H2,1-4H3,(H,24,28). The Balaban J connectivity index is 1.68. The Hall–Kier alpha value is -2.63. The smallest absolute Gasteiger partial charge is 0.238 e. The van der Waals surface area contributed by atoms with Crippen molar-refractivity contribution >= 4 is 23.2 Å². The van der Waals surface area contributed by atoms with Gasteiger partial charge in [0.1, 0.15) is 0 Å². The van der Waals surface area contributed by atoms with Gasteiger partial charge < -0.3 is 5.32 Å². The van der Waals surface area contributed by atoms with Crippen LogP contribution in [0.15, 0.2) is 48.5 Å². The number of aromatic nitrogens is 2. The Kier molecular flexibility index (Phi) is 6.17. The van der Waals surface area contributed by atoms with Gasteiger partial charge in [-0.15, -0.1) is 0 Å². The van der Waals surface area contributed by atoms with Crippen LogP contribution < -0.4 is 5.32 Å². The van der Waals surface area contributed by atoms with Gasteiger partial charge in [0.25, 0.3) is 0 Å². The van der Waals surface area contributed by atoms with Gasteiger partial charge in [-0.05, 0) is 51.6 Å². The lowest BCUT2D eigenvalue weighted by Gasteiger charge is -2.17. The van der Waals surface area contributed by atoms with Gasteiger partial charge in [0.05, 0.1) is 29.3 Å². The van der Waals surface area contributed by atoms with E-state index in [0.29, 0.717) is 11.6 Å². The minimum Gasteiger partial charge on any atom is -0.322 e. The van der Waals surface area contributed by atoms with Crippen LogP contribution in [0.5, 0.6) is 0 Å². The minimum absolute atomic E-state index is 0.0794. The second kappa shape index (κ2) is 8.59. The van der Waals surface area contributed by atoms with Gasteiger partial charge in [0.2, 0.25) is 5.91 Å². The number of rotatable bonds is 6. The highest BCUT2D eigenvalue weighted by Crippen LogP contribution is 2.23. The van der Waals surface area contributed by atoms with E-state index in [4.69, 9.17) is 11.6 Å². The lowest BCUT2D eigenvalue weighted by Crippen LogP contribution is -2.30. The monoisotopic (exact) mass is 396 g/mol. The summed E-state index contributed by atoms with van der Waals surface area (Å²) in [5.41, 5.74) is 5.63. The SMILES string of the molecule is Cc1ccc(-n2nc(C)c(NC(=O)CN(C)Cc3ccccc3Cl)c2C)cc1. The fourth-order valence-electron chi connectivity index (χ4n) is 3.16. The van der Waals surface area contributed by atoms with Gasteiger partial charge in [-0.1, -0.05) is 47.5 Å². The van der Waals surface area contributed by atoms with Crippen LogP contribution in [0.1, 0.15) is 22.5 Å². The fraction of sp³-hybridized carbons (Fsp3) is 0.273. The van der Waals surface area contributed by atoms with Gasteiger partial charge in [-0.2, -0.15) is 5.10 Å². The maximum absolute atomic E-state index is 12.6. The van der Waals surface area contributed by atoms with Crippen LogP contribution in [-0.4, -0.2) is 34.2 Å². The number of carbonyl (C=O) groups excluding carboxylic acids is 1. The molecule has 0 saturated heterocycles. The summed E-state index contributed by atoms with van der Waals surface area (Å²) < 4.78 is 1.86. The van der Waals surface area contributed by atoms with Crippen molar-refractivity contribution in [2.45, 2.75) is 27.3 Å². The van der Waals surface area contributed by atoms with Crippen molar-refractivity contribution in [2.75, 3.05) is 18.9 Å². The quantitative estimate of drug-likeness (QED) is 0.666. The van der Waals surface area contributed by atoms with Gasteiger partial charge in [0, 0.05) is 11.6 Å². The molecule has 0 aliphatic rings. The van der Waals surface area contributed by atoms with Crippen LogP contribution in [0.4, 0.5) is 5.69 Å². The third-order valence-corrected chi connectivity index (χ3v) is 5.01. The minimum atomic E-state index is -0.0794. The number of nitrogens with one attached hydrogen (secondary N) is 1. The Morgan fingerprint density at radius 2 is 1.79 bits per heavy atom. The van der Waals surface area contributed by atoms with Crippen molar-refractivity contribution in [3.63, 3.8) is 0 Å². The van der Waals surface area contributed by atoms with Crippen LogP contribution >= 0.6 is 11.6 Å². The molecule has 0 unspecified atom stereocenters. The third kappa shape index (κ3) is 4.61. The van der Waals surface area contributed by atoms with Crippen LogP contribution in [0, 0.1) is 20.8 Å². The second-order valence-corrected chi connectivity index (χ2v) is 7.51. The van der Waals surface area contributed by atoms with Gasteiger partial charge in [0.15, 0.2) is 0 Å². The first-order valence-electron chi connectivity index (χ1n) is 9.20. The molecule has 0 aliphatic heterocycles. The molecule has 0 aliphatic carbocycles. The molecule has 0 fully saturated rings. The number of aryl methyl sites for hydroxylation is 2. The average molecular weight is 397 g/mol. The van der Waals surface area contributed by atoms with E-state index in [2.05, 4.69) is 17.3 Å². The zero-order chi connectivity index (χ0) is 20.3. The molecular formula is C22H25ClN4O. The predicted octanol–water partition coefficient (Wildman–Crippen LogP) is 4.52. The average Bonchev–Trinajstić information content (AvgIpc) is 2.92. The van der Waals surface area contributed by atoms with Gasteiger partial charge in [-0.25, -0.2) is 4.68 Å². The number of nitrogens with zero attached hydrogens (tertiary/aromatic N) is 3. The van der Waals surface area contributed by atoms with E-state index in [0.717, 1.165) is 28.3 Å². The van der Waals surface area contributed by atoms with Gasteiger partial charge in [-0.3, -0.25) is 9.69 Å². The Morgan fingerprint density at radius 3 is 2.46 bits per heavy atom. The number of amides is 1. The maximum Gasteiger partial charge on any atom is 0.238 e. The molecule has 3 aromatic rings. The predicted molar refractivity (Wildman–Crippen MR) is 114 cm³/mol. The summed E-state index contributed by atoms with van der Waals surface area (Å²) >= 11 is 6.21. The highest BCUT2D eigenvalue weighted by atomic mass is 35.5. The number of hydrogen-bond donors (Lipinski definition) is 1. The van der Waals surface area contributed by atoms with Crippen LogP contribution in [0.3, 0.4) is 0 Å². The lowest BCUT2D eigenvalue weighted by atomic mass is 10.2. The largest absolute Gasteiger partial charge is 0.322 e. The summed E-state index contributed by atoms with van der Waals surface area (Å²) in [5, 5.41) is 8.32. The van der Waals surface area contributed by atoms with E-state index >= 15 is 0 Å². The molecule has 0 spiro atoms. The Morgan fingerprint density at radius 1 is 1.11 bits per heavy atom. The van der Waals surface area contributed by atoms with Crippen LogP contribution in [0.2, 0.25) is 5.02 Å². The Bertz CT molecular complexity index is 979. The van der Waals surface area contributed by atoms with E-state index in [1.165, 1.54) is 5.56 Å². The van der Waals surface area contributed by atoms with E-state index in [-0.39, 0.29) is 12.5 Å². The summed E-state index contributed by atoms with van der Waals surface area (Å²) in [5.74, 6) is -0.0794. The molecule has 1 N–H and O–H groups in total. The number of carbonyl (C=O) groups is 1. The van der Waals surface area contributed by atoms with Crippen LogP contribution in [-0.2, 0) is 11.3 Å². The van der Waals surface area contributed by atoms with Crippen molar-refractivity contribution in [2.24, 2.45) is 0 Å². The normalized spacial score (nSPS) is 11.1. The molecule has 1 aromatic heterocycles. The zero-order valence-electron chi connectivity index (χ0n) is 16.7. The molecule has 1 amide bonds. The first-order chi connectivity index (χ1) is 13.3. The number of halogens is 1. The number of anilines is 1. The summed E-state index contributed by atoms with van der Waals surface area (Å²) in [6, 6.07) is 15.8. The molecule has 28 heavy (non-hydrogen) atoms. The molecule has 0 bridgehead atoms. The first kappa shape index (κ1) is 20.1. The van der Waals surface area contributed by atoms with E-state index in [1.54, 1.807) is 0 Å². The van der Waals surface area contributed by atoms with Gasteiger partial charge >= 0.3 is 0 Å². The topological polar surface area (TPSA) is 50.2 Å². The van der Waals surface area contributed by atoms with Crippen molar-refractivity contribution in [1.29, 1.82) is 0 Å². The van der Waals surface area contributed by atoms with E-state index in [9.17, 15) is 4.79 Å². The van der Waals surface area contributed by atoms with Crippen molar-refractivity contribution in [1.82, 2.24) is 14.7 Å². The lowest BCUT2D eigenvalue weighted by molar-refractivity contribution is -0.117. The molecule has 1 heterocycles. The number of likely N-dealkylation sites (N-methyl/N-ethyl adjacent to an activating group) is 1. The fourth-order valence-corrected chi connectivity index (χ4v) is 3.35. The summed E-state index contributed by atoms with van der Waals surface area (Å²) in [7, 11) is 1.90. The molecule has 0 radical (unpaired) electrons. The van der Waals surface area contributed by atoms with E-state index < -0.39 is 0 Å². The van der Waals surface area contributed by atoms with Crippen molar-refractivity contribution in [3.8, 4) is 5.69 Å². The highest BCUT2D eigenvalue weighted by molar-refractivity contribution is 6.31. The number of benzene rings is 2. The maximum atomic E-state index is 12.6. The number of hydrogen-bond acceptors (Lipinski definition) is 3. The summed E-state index contributed by atoms with van der Waals surface area (Å²) in [6.45, 7) is 6.78. The van der Waals surface area contributed by atoms with Crippen molar-refractivity contribution < 1.29 is 4.79 Å². The van der Waals surface area contributed by atoms with Crippen molar-refractivity contribution in [3.05, 3.63) is 76.1 Å². The molecule has 0 saturated carbocycles. The molecular weight excluding hydrogens is 372 g/mol. The molecule has 3 rings (SSSR count). The van der Waals surface area contributed by atoms with E-state index in [1.807, 2.05) is 79.0 Å². The molecule has 5 nitrogen and oxygen atoms in total. The first-order valence-corrected chi connectivity index (χ1v) is 9.58. The zero-order valence-corrected chi connectivity index (χ0v) is 17.4. The van der Waals surface area contributed by atoms with Crippen LogP contribution in [0.25, 0.3) is 5.69 Å². The highest BCUT2D eigenvalue weighted by Gasteiger charge is 2.16. The Labute approximate surface area is 170 Å². The summed E-state index contributed by atoms with van der Waals surface area (Å²) in [6.07, 6.45) is 0. The molecule has 146 valence electrons. The molecule has 0 atom stereocenters.